The highest BCUT2D eigenvalue weighted by Crippen LogP contribution is 2.33. The summed E-state index contributed by atoms with van der Waals surface area (Å²) >= 11 is 6.46. The van der Waals surface area contributed by atoms with E-state index in [1.807, 2.05) is 30.5 Å². The van der Waals surface area contributed by atoms with Crippen molar-refractivity contribution in [2.45, 2.75) is 50.6 Å². The number of nitrogens with one attached hydrogen (secondary N) is 3. The summed E-state index contributed by atoms with van der Waals surface area (Å²) in [6, 6.07) is 8.43. The molecule has 9 heteroatoms. The third-order valence-electron chi connectivity index (χ3n) is 7.27. The van der Waals surface area contributed by atoms with Crippen LogP contribution in [0.3, 0.4) is 0 Å². The molecule has 8 nitrogen and oxygen atoms in total. The SMILES string of the molecule is C=CC(=O)N1CCCC(C(=O)N[C@H]2CC[C@H](Nc3ncc(Cl)c(-c4c[nH]c5ccccc45)n3)CC2)C1. The van der Waals surface area contributed by atoms with Gasteiger partial charge in [-0.05, 0) is 50.7 Å². The molecule has 3 aromatic rings. The minimum absolute atomic E-state index is 0.0531. The van der Waals surface area contributed by atoms with Gasteiger partial charge in [0.1, 0.15) is 0 Å². The maximum Gasteiger partial charge on any atom is 0.245 e. The average molecular weight is 507 g/mol. The van der Waals surface area contributed by atoms with E-state index in [0.29, 0.717) is 29.8 Å². The van der Waals surface area contributed by atoms with Gasteiger partial charge in [0.2, 0.25) is 17.8 Å². The molecule has 3 N–H and O–H groups in total. The van der Waals surface area contributed by atoms with Crippen LogP contribution in [-0.4, -0.2) is 56.8 Å². The van der Waals surface area contributed by atoms with Gasteiger partial charge in [0.05, 0.1) is 22.8 Å². The summed E-state index contributed by atoms with van der Waals surface area (Å²) in [5.41, 5.74) is 2.68. The molecule has 1 saturated heterocycles. The van der Waals surface area contributed by atoms with Gasteiger partial charge in [-0.25, -0.2) is 9.97 Å². The number of nitrogens with zero attached hydrogens (tertiary/aromatic N) is 3. The molecule has 2 amide bonds. The van der Waals surface area contributed by atoms with Crippen molar-refractivity contribution in [3.05, 3.63) is 54.3 Å². The Morgan fingerprint density at radius 3 is 2.72 bits per heavy atom. The Balaban J connectivity index is 1.16. The Labute approximate surface area is 215 Å². The van der Waals surface area contributed by atoms with Crippen LogP contribution in [0.4, 0.5) is 5.95 Å². The van der Waals surface area contributed by atoms with Gasteiger partial charge < -0.3 is 20.5 Å². The fraction of sp³-hybridized carbons (Fsp3) is 0.407. The largest absolute Gasteiger partial charge is 0.360 e. The molecule has 1 aromatic carbocycles. The van der Waals surface area contributed by atoms with E-state index in [1.165, 1.54) is 6.08 Å². The summed E-state index contributed by atoms with van der Waals surface area (Å²) in [6.07, 6.45) is 10.1. The Morgan fingerprint density at radius 1 is 1.14 bits per heavy atom. The molecule has 1 aliphatic heterocycles. The Hall–Kier alpha value is -3.39. The first-order valence-corrected chi connectivity index (χ1v) is 13.0. The van der Waals surface area contributed by atoms with E-state index in [9.17, 15) is 9.59 Å². The van der Waals surface area contributed by atoms with E-state index >= 15 is 0 Å². The number of para-hydroxylation sites is 1. The number of aromatic amines is 1. The molecule has 2 aromatic heterocycles. The Bertz CT molecular complexity index is 1270. The van der Waals surface area contributed by atoms with Crippen LogP contribution in [0.25, 0.3) is 22.2 Å². The number of aromatic nitrogens is 3. The number of piperidine rings is 1. The van der Waals surface area contributed by atoms with Gasteiger partial charge in [-0.1, -0.05) is 36.4 Å². The zero-order chi connectivity index (χ0) is 25.1. The minimum Gasteiger partial charge on any atom is -0.360 e. The fourth-order valence-electron chi connectivity index (χ4n) is 5.30. The van der Waals surface area contributed by atoms with Crippen molar-refractivity contribution < 1.29 is 9.59 Å². The van der Waals surface area contributed by atoms with Crippen molar-refractivity contribution >= 4 is 40.3 Å². The second kappa shape index (κ2) is 10.7. The van der Waals surface area contributed by atoms with Gasteiger partial charge in [0.25, 0.3) is 0 Å². The smallest absolute Gasteiger partial charge is 0.245 e. The molecule has 1 atom stereocenters. The number of fused-ring (bicyclic) bond motifs is 1. The first-order valence-electron chi connectivity index (χ1n) is 12.6. The number of halogens is 1. The topological polar surface area (TPSA) is 103 Å². The van der Waals surface area contributed by atoms with Crippen LogP contribution in [0.1, 0.15) is 38.5 Å². The number of H-pyrrole nitrogens is 1. The lowest BCUT2D eigenvalue weighted by atomic mass is 9.90. The lowest BCUT2D eigenvalue weighted by Gasteiger charge is -2.34. The van der Waals surface area contributed by atoms with Crippen LogP contribution in [0, 0.1) is 5.92 Å². The highest BCUT2D eigenvalue weighted by Gasteiger charge is 2.30. The van der Waals surface area contributed by atoms with E-state index in [1.54, 1.807) is 11.1 Å². The number of rotatable bonds is 6. The van der Waals surface area contributed by atoms with Crippen molar-refractivity contribution in [1.82, 2.24) is 25.2 Å². The lowest BCUT2D eigenvalue weighted by molar-refractivity contribution is -0.132. The third-order valence-corrected chi connectivity index (χ3v) is 7.55. The van der Waals surface area contributed by atoms with Crippen molar-refractivity contribution in [2.75, 3.05) is 18.4 Å². The molecule has 2 aliphatic rings. The van der Waals surface area contributed by atoms with Gasteiger partial charge in [0, 0.05) is 47.8 Å². The second-order valence-electron chi connectivity index (χ2n) is 9.67. The summed E-state index contributed by atoms with van der Waals surface area (Å²) in [6.45, 7) is 4.72. The molecule has 2 fully saturated rings. The summed E-state index contributed by atoms with van der Waals surface area (Å²) in [4.78, 5) is 38.9. The number of amides is 2. The highest BCUT2D eigenvalue weighted by atomic mass is 35.5. The van der Waals surface area contributed by atoms with Gasteiger partial charge >= 0.3 is 0 Å². The number of carbonyl (C=O) groups is 2. The van der Waals surface area contributed by atoms with Gasteiger partial charge in [0.15, 0.2) is 0 Å². The monoisotopic (exact) mass is 506 g/mol. The van der Waals surface area contributed by atoms with Crippen molar-refractivity contribution in [1.29, 1.82) is 0 Å². The highest BCUT2D eigenvalue weighted by molar-refractivity contribution is 6.33. The van der Waals surface area contributed by atoms with Gasteiger partial charge in [-0.3, -0.25) is 9.59 Å². The molecule has 1 aliphatic carbocycles. The summed E-state index contributed by atoms with van der Waals surface area (Å²) in [7, 11) is 0. The van der Waals surface area contributed by atoms with Crippen LogP contribution in [-0.2, 0) is 9.59 Å². The normalized spacial score (nSPS) is 22.2. The van der Waals surface area contributed by atoms with E-state index in [2.05, 4.69) is 27.2 Å². The van der Waals surface area contributed by atoms with Crippen molar-refractivity contribution in [2.24, 2.45) is 5.92 Å². The van der Waals surface area contributed by atoms with Crippen LogP contribution < -0.4 is 10.6 Å². The summed E-state index contributed by atoms with van der Waals surface area (Å²) in [5.74, 6) is 0.360. The number of likely N-dealkylation sites (tertiary alicyclic amines) is 1. The fourth-order valence-corrected chi connectivity index (χ4v) is 5.49. The van der Waals surface area contributed by atoms with Crippen LogP contribution >= 0.6 is 11.6 Å². The molecule has 3 heterocycles. The van der Waals surface area contributed by atoms with Gasteiger partial charge in [-0.15, -0.1) is 0 Å². The molecule has 188 valence electrons. The molecule has 0 radical (unpaired) electrons. The quantitative estimate of drug-likeness (QED) is 0.426. The molecule has 5 rings (SSSR count). The standard InChI is InChI=1S/C27H31ClN6O2/c1-2-24(35)34-13-5-6-17(16-34)26(36)31-18-9-11-19(12-10-18)32-27-30-15-22(28)25(33-27)21-14-29-23-8-4-3-7-20(21)23/h2-4,7-8,14-15,17-19,29H,1,5-6,9-13,16H2,(H,31,36)(H,30,32,33)/t17?,18-,19-. The number of carbonyl (C=O) groups excluding carboxylic acids is 2. The van der Waals surface area contributed by atoms with E-state index < -0.39 is 0 Å². The zero-order valence-electron chi connectivity index (χ0n) is 20.2. The van der Waals surface area contributed by atoms with Crippen molar-refractivity contribution in [3.63, 3.8) is 0 Å². The van der Waals surface area contributed by atoms with E-state index in [0.717, 1.165) is 55.0 Å². The number of anilines is 1. The molecule has 1 saturated carbocycles. The molecule has 36 heavy (non-hydrogen) atoms. The predicted octanol–water partition coefficient (Wildman–Crippen LogP) is 4.54. The summed E-state index contributed by atoms with van der Waals surface area (Å²) in [5, 5.41) is 8.26. The molecular formula is C27H31ClN6O2. The first kappa shape index (κ1) is 24.3. The Kier molecular flexibility index (Phi) is 7.23. The van der Waals surface area contributed by atoms with Crippen molar-refractivity contribution in [3.8, 4) is 11.3 Å². The molecule has 0 spiro atoms. The minimum atomic E-state index is -0.149. The molecular weight excluding hydrogens is 476 g/mol. The zero-order valence-corrected chi connectivity index (χ0v) is 20.9. The second-order valence-corrected chi connectivity index (χ2v) is 10.1. The number of hydrogen-bond donors (Lipinski definition) is 3. The van der Waals surface area contributed by atoms with E-state index in [4.69, 9.17) is 16.6 Å². The van der Waals surface area contributed by atoms with Crippen LogP contribution in [0.15, 0.2) is 49.3 Å². The maximum atomic E-state index is 12.8. The number of hydrogen-bond acceptors (Lipinski definition) is 5. The maximum absolute atomic E-state index is 12.8. The number of benzene rings is 1. The summed E-state index contributed by atoms with van der Waals surface area (Å²) < 4.78 is 0. The average Bonchev–Trinajstić information content (AvgIpc) is 3.34. The van der Waals surface area contributed by atoms with Crippen LogP contribution in [0.2, 0.25) is 5.02 Å². The van der Waals surface area contributed by atoms with Crippen LogP contribution in [0.5, 0.6) is 0 Å². The lowest BCUT2D eigenvalue weighted by Crippen LogP contribution is -2.48. The van der Waals surface area contributed by atoms with E-state index in [-0.39, 0.29) is 29.8 Å². The van der Waals surface area contributed by atoms with Gasteiger partial charge in [-0.2, -0.15) is 0 Å². The first-order chi connectivity index (χ1) is 17.5. The predicted molar refractivity (Wildman–Crippen MR) is 142 cm³/mol. The molecule has 1 unspecified atom stereocenters. The third kappa shape index (κ3) is 5.23. The molecule has 0 bridgehead atoms. The Morgan fingerprint density at radius 2 is 1.92 bits per heavy atom.